The van der Waals surface area contributed by atoms with Crippen LogP contribution in [0.5, 0.6) is 0 Å². The summed E-state index contributed by atoms with van der Waals surface area (Å²) in [6.45, 7) is 5.28. The maximum atomic E-state index is 6.14. The number of likely N-dealkylation sites (tertiary alicyclic amines) is 1. The molecule has 5 nitrogen and oxygen atoms in total. The topological polar surface area (TPSA) is 47.5 Å². The van der Waals surface area contributed by atoms with Crippen LogP contribution >= 0.6 is 0 Å². The van der Waals surface area contributed by atoms with Crippen molar-refractivity contribution in [3.63, 3.8) is 0 Å². The van der Waals surface area contributed by atoms with Crippen molar-refractivity contribution < 1.29 is 9.47 Å². The molecular formula is C18H27N3O2. The first kappa shape index (κ1) is 15.5. The molecule has 3 aliphatic heterocycles. The van der Waals surface area contributed by atoms with Gasteiger partial charge in [-0.15, -0.1) is 0 Å². The third kappa shape index (κ3) is 3.57. The SMILES string of the molecule is c1ncc(C[C@@H]2CC3(CCN(C4CCOCC4)CC3)CO2)cn1. The van der Waals surface area contributed by atoms with Gasteiger partial charge in [-0.05, 0) is 56.2 Å². The fraction of sp³-hybridized carbons (Fsp3) is 0.778. The second kappa shape index (κ2) is 6.83. The first-order chi connectivity index (χ1) is 11.3. The molecule has 3 aliphatic rings. The van der Waals surface area contributed by atoms with Gasteiger partial charge >= 0.3 is 0 Å². The first-order valence-electron chi connectivity index (χ1n) is 9.00. The summed E-state index contributed by atoms with van der Waals surface area (Å²) in [6.07, 6.45) is 12.9. The number of hydrogen-bond donors (Lipinski definition) is 0. The van der Waals surface area contributed by atoms with Gasteiger partial charge < -0.3 is 14.4 Å². The van der Waals surface area contributed by atoms with Gasteiger partial charge in [0.25, 0.3) is 0 Å². The summed E-state index contributed by atoms with van der Waals surface area (Å²) >= 11 is 0. The zero-order valence-electron chi connectivity index (χ0n) is 13.8. The lowest BCUT2D eigenvalue weighted by atomic mass is 9.75. The van der Waals surface area contributed by atoms with Gasteiger partial charge in [-0.2, -0.15) is 0 Å². The summed E-state index contributed by atoms with van der Waals surface area (Å²) in [4.78, 5) is 10.9. The van der Waals surface area contributed by atoms with Crippen LogP contribution in [0.25, 0.3) is 0 Å². The molecule has 23 heavy (non-hydrogen) atoms. The molecule has 1 spiro atoms. The molecule has 3 saturated heterocycles. The van der Waals surface area contributed by atoms with E-state index in [0.29, 0.717) is 11.5 Å². The van der Waals surface area contributed by atoms with Crippen LogP contribution in [0, 0.1) is 5.41 Å². The monoisotopic (exact) mass is 317 g/mol. The number of aromatic nitrogens is 2. The lowest BCUT2D eigenvalue weighted by Gasteiger charge is -2.43. The van der Waals surface area contributed by atoms with Crippen LogP contribution in [0.15, 0.2) is 18.7 Å². The highest BCUT2D eigenvalue weighted by Crippen LogP contribution is 2.43. The Morgan fingerprint density at radius 2 is 1.87 bits per heavy atom. The lowest BCUT2D eigenvalue weighted by molar-refractivity contribution is 0.00223. The van der Waals surface area contributed by atoms with E-state index < -0.39 is 0 Å². The van der Waals surface area contributed by atoms with E-state index in [4.69, 9.17) is 9.47 Å². The van der Waals surface area contributed by atoms with Gasteiger partial charge in [0.05, 0.1) is 12.7 Å². The normalized spacial score (nSPS) is 29.1. The predicted octanol–water partition coefficient (Wildman–Crippen LogP) is 2.07. The highest BCUT2D eigenvalue weighted by Gasteiger charge is 2.43. The van der Waals surface area contributed by atoms with Crippen LogP contribution in [-0.2, 0) is 15.9 Å². The van der Waals surface area contributed by atoms with Gasteiger partial charge in [0.1, 0.15) is 6.33 Å². The Labute approximate surface area is 138 Å². The smallest absolute Gasteiger partial charge is 0.115 e. The Morgan fingerprint density at radius 3 is 2.61 bits per heavy atom. The van der Waals surface area contributed by atoms with E-state index >= 15 is 0 Å². The van der Waals surface area contributed by atoms with Gasteiger partial charge in [-0.1, -0.05) is 0 Å². The molecule has 1 atom stereocenters. The van der Waals surface area contributed by atoms with Crippen molar-refractivity contribution in [2.24, 2.45) is 5.41 Å². The largest absolute Gasteiger partial charge is 0.381 e. The molecule has 0 radical (unpaired) electrons. The molecule has 0 aliphatic carbocycles. The molecule has 0 bridgehead atoms. The van der Waals surface area contributed by atoms with Crippen LogP contribution in [0.1, 0.15) is 37.7 Å². The molecule has 1 aromatic rings. The quantitative estimate of drug-likeness (QED) is 0.854. The van der Waals surface area contributed by atoms with Gasteiger partial charge in [0.2, 0.25) is 0 Å². The highest BCUT2D eigenvalue weighted by molar-refractivity contribution is 5.06. The summed E-state index contributed by atoms with van der Waals surface area (Å²) in [7, 11) is 0. The number of ether oxygens (including phenoxy) is 2. The van der Waals surface area contributed by atoms with Crippen molar-refractivity contribution in [1.29, 1.82) is 0 Å². The van der Waals surface area contributed by atoms with Crippen molar-refractivity contribution in [2.75, 3.05) is 32.9 Å². The summed E-state index contributed by atoms with van der Waals surface area (Å²) < 4.78 is 11.6. The number of rotatable bonds is 3. The minimum Gasteiger partial charge on any atom is -0.381 e. The summed E-state index contributed by atoms with van der Waals surface area (Å²) in [6, 6.07) is 0.751. The highest BCUT2D eigenvalue weighted by atomic mass is 16.5. The van der Waals surface area contributed by atoms with E-state index in [9.17, 15) is 0 Å². The van der Waals surface area contributed by atoms with Crippen LogP contribution in [-0.4, -0.2) is 59.9 Å². The Balaban J connectivity index is 1.29. The molecule has 0 unspecified atom stereocenters. The number of piperidine rings is 1. The Kier molecular flexibility index (Phi) is 4.60. The molecule has 0 N–H and O–H groups in total. The van der Waals surface area contributed by atoms with Gasteiger partial charge in [-0.25, -0.2) is 9.97 Å². The van der Waals surface area contributed by atoms with Crippen LogP contribution < -0.4 is 0 Å². The Hall–Kier alpha value is -1.04. The molecule has 0 amide bonds. The molecule has 5 heteroatoms. The van der Waals surface area contributed by atoms with Crippen LogP contribution in [0.3, 0.4) is 0 Å². The van der Waals surface area contributed by atoms with E-state index in [1.54, 1.807) is 6.33 Å². The number of nitrogens with zero attached hydrogens (tertiary/aromatic N) is 3. The Bertz CT molecular complexity index is 496. The Morgan fingerprint density at radius 1 is 1.13 bits per heavy atom. The van der Waals surface area contributed by atoms with Crippen LogP contribution in [0.4, 0.5) is 0 Å². The van der Waals surface area contributed by atoms with E-state index in [1.165, 1.54) is 50.8 Å². The molecule has 0 aromatic carbocycles. The van der Waals surface area contributed by atoms with Crippen molar-refractivity contribution in [3.8, 4) is 0 Å². The summed E-state index contributed by atoms with van der Waals surface area (Å²) in [5, 5.41) is 0. The molecular weight excluding hydrogens is 290 g/mol. The zero-order valence-corrected chi connectivity index (χ0v) is 13.8. The second-order valence-electron chi connectivity index (χ2n) is 7.47. The molecule has 4 heterocycles. The maximum absolute atomic E-state index is 6.14. The van der Waals surface area contributed by atoms with Crippen molar-refractivity contribution in [2.45, 2.75) is 50.7 Å². The van der Waals surface area contributed by atoms with Gasteiger partial charge in [0, 0.05) is 38.1 Å². The van der Waals surface area contributed by atoms with Crippen LogP contribution in [0.2, 0.25) is 0 Å². The third-order valence-corrected chi connectivity index (χ3v) is 5.93. The standard InChI is InChI=1S/C18H27N3O2/c1-7-22-8-2-16(1)21-5-3-18(4-6-21)10-17(23-13-18)9-15-11-19-14-20-12-15/h11-12,14,16-17H,1-10,13H2/t17-/m1/s1. The second-order valence-corrected chi connectivity index (χ2v) is 7.47. The van der Waals surface area contributed by atoms with Crippen molar-refractivity contribution in [3.05, 3.63) is 24.3 Å². The average Bonchev–Trinajstić information content (AvgIpc) is 2.99. The van der Waals surface area contributed by atoms with E-state index in [-0.39, 0.29) is 0 Å². The fourth-order valence-electron chi connectivity index (χ4n) is 4.49. The molecule has 4 rings (SSSR count). The van der Waals surface area contributed by atoms with Crippen molar-refractivity contribution >= 4 is 0 Å². The summed E-state index contributed by atoms with van der Waals surface area (Å²) in [5.74, 6) is 0. The van der Waals surface area contributed by atoms with E-state index in [2.05, 4.69) is 14.9 Å². The molecule has 126 valence electrons. The molecule has 0 saturated carbocycles. The predicted molar refractivity (Wildman–Crippen MR) is 87.2 cm³/mol. The lowest BCUT2D eigenvalue weighted by Crippen LogP contribution is -2.47. The zero-order chi connectivity index (χ0) is 15.5. The number of hydrogen-bond acceptors (Lipinski definition) is 5. The first-order valence-corrected chi connectivity index (χ1v) is 9.00. The average molecular weight is 317 g/mol. The molecule has 3 fully saturated rings. The van der Waals surface area contributed by atoms with Gasteiger partial charge in [0.15, 0.2) is 0 Å². The minimum absolute atomic E-state index is 0.343. The van der Waals surface area contributed by atoms with Gasteiger partial charge in [-0.3, -0.25) is 0 Å². The summed E-state index contributed by atoms with van der Waals surface area (Å²) in [5.41, 5.74) is 1.61. The molecule has 1 aromatic heterocycles. The van der Waals surface area contributed by atoms with E-state index in [0.717, 1.165) is 32.3 Å². The minimum atomic E-state index is 0.343. The van der Waals surface area contributed by atoms with E-state index in [1.807, 2.05) is 12.4 Å². The van der Waals surface area contributed by atoms with Crippen molar-refractivity contribution in [1.82, 2.24) is 14.9 Å². The third-order valence-electron chi connectivity index (χ3n) is 5.93. The fourth-order valence-corrected chi connectivity index (χ4v) is 4.49. The maximum Gasteiger partial charge on any atom is 0.115 e.